The summed E-state index contributed by atoms with van der Waals surface area (Å²) in [4.78, 5) is 23.3. The minimum atomic E-state index is -4.57. The zero-order valence-corrected chi connectivity index (χ0v) is 16.3. The molecule has 0 aliphatic rings. The largest absolute Gasteiger partial charge is 0.490 e. The number of primary amides is 1. The summed E-state index contributed by atoms with van der Waals surface area (Å²) in [6.07, 6.45) is -3.33. The standard InChI is InChI=1S/C21H18F3N3O4/c1-2-30-18-9-13(6-7-17(18)31-12-19(26)28)8-14(11-25)20(29)27-16-5-3-4-15(10-16)21(22,23)24/h3-10H,2,12H2,1H3,(H2,26,28)(H,27,29)/b14-8+. The molecule has 0 atom stereocenters. The van der Waals surface area contributed by atoms with Gasteiger partial charge in [-0.3, -0.25) is 9.59 Å². The molecule has 10 heteroatoms. The fourth-order valence-corrected chi connectivity index (χ4v) is 2.44. The van der Waals surface area contributed by atoms with E-state index < -0.39 is 23.6 Å². The molecule has 0 unspecified atom stereocenters. The number of nitrogens with one attached hydrogen (secondary N) is 1. The molecular formula is C21H18F3N3O4. The summed E-state index contributed by atoms with van der Waals surface area (Å²) in [6.45, 7) is 1.64. The van der Waals surface area contributed by atoms with Crippen LogP contribution in [0.25, 0.3) is 6.08 Å². The van der Waals surface area contributed by atoms with Gasteiger partial charge in [-0.15, -0.1) is 0 Å². The van der Waals surface area contributed by atoms with Crippen molar-refractivity contribution in [3.05, 3.63) is 59.2 Å². The summed E-state index contributed by atoms with van der Waals surface area (Å²) in [6, 6.07) is 10.2. The summed E-state index contributed by atoms with van der Waals surface area (Å²) >= 11 is 0. The van der Waals surface area contributed by atoms with Crippen molar-refractivity contribution in [1.82, 2.24) is 0 Å². The molecule has 2 aromatic carbocycles. The van der Waals surface area contributed by atoms with Crippen molar-refractivity contribution in [2.75, 3.05) is 18.5 Å². The van der Waals surface area contributed by atoms with Crippen molar-refractivity contribution in [2.24, 2.45) is 5.73 Å². The molecule has 0 aromatic heterocycles. The number of amides is 2. The molecule has 31 heavy (non-hydrogen) atoms. The van der Waals surface area contributed by atoms with Crippen LogP contribution in [0.2, 0.25) is 0 Å². The first-order valence-electron chi connectivity index (χ1n) is 8.92. The molecule has 0 radical (unpaired) electrons. The van der Waals surface area contributed by atoms with Crippen molar-refractivity contribution < 1.29 is 32.2 Å². The quantitative estimate of drug-likeness (QED) is 0.488. The normalized spacial score (nSPS) is 11.4. The number of anilines is 1. The van der Waals surface area contributed by atoms with Crippen LogP contribution >= 0.6 is 0 Å². The Morgan fingerprint density at radius 2 is 1.90 bits per heavy atom. The van der Waals surface area contributed by atoms with Gasteiger partial charge in [0.15, 0.2) is 18.1 Å². The van der Waals surface area contributed by atoms with Gasteiger partial charge in [0.25, 0.3) is 11.8 Å². The van der Waals surface area contributed by atoms with Crippen LogP contribution in [0.5, 0.6) is 11.5 Å². The van der Waals surface area contributed by atoms with Gasteiger partial charge in [-0.05, 0) is 48.9 Å². The molecule has 0 saturated heterocycles. The van der Waals surface area contributed by atoms with E-state index in [1.807, 2.05) is 0 Å². The number of hydrogen-bond donors (Lipinski definition) is 2. The predicted octanol–water partition coefficient (Wildman–Crippen LogP) is 3.51. The number of nitriles is 1. The number of ether oxygens (including phenoxy) is 2. The minimum Gasteiger partial charge on any atom is -0.490 e. The van der Waals surface area contributed by atoms with Gasteiger partial charge >= 0.3 is 6.18 Å². The molecule has 0 heterocycles. The van der Waals surface area contributed by atoms with Crippen LogP contribution in [0.4, 0.5) is 18.9 Å². The molecule has 0 saturated carbocycles. The zero-order chi connectivity index (χ0) is 23.0. The molecule has 0 fully saturated rings. The van der Waals surface area contributed by atoms with Crippen molar-refractivity contribution in [1.29, 1.82) is 5.26 Å². The van der Waals surface area contributed by atoms with E-state index in [0.717, 1.165) is 18.2 Å². The summed E-state index contributed by atoms with van der Waals surface area (Å²) < 4.78 is 49.2. The van der Waals surface area contributed by atoms with Gasteiger partial charge in [-0.1, -0.05) is 12.1 Å². The molecular weight excluding hydrogens is 415 g/mol. The molecule has 2 aromatic rings. The third kappa shape index (κ3) is 6.78. The van der Waals surface area contributed by atoms with Gasteiger partial charge < -0.3 is 20.5 Å². The molecule has 0 bridgehead atoms. The fourth-order valence-electron chi connectivity index (χ4n) is 2.44. The highest BCUT2D eigenvalue weighted by atomic mass is 19.4. The van der Waals surface area contributed by atoms with E-state index in [-0.39, 0.29) is 36.0 Å². The Bertz CT molecular complexity index is 1040. The van der Waals surface area contributed by atoms with Crippen molar-refractivity contribution in [3.8, 4) is 17.6 Å². The van der Waals surface area contributed by atoms with Gasteiger partial charge in [0, 0.05) is 5.69 Å². The molecule has 0 aliphatic heterocycles. The van der Waals surface area contributed by atoms with Gasteiger partial charge in [0.2, 0.25) is 0 Å². The van der Waals surface area contributed by atoms with Crippen LogP contribution < -0.4 is 20.5 Å². The second-order valence-corrected chi connectivity index (χ2v) is 6.10. The third-order valence-electron chi connectivity index (χ3n) is 3.76. The second-order valence-electron chi connectivity index (χ2n) is 6.10. The SMILES string of the molecule is CCOc1cc(/C=C(\C#N)C(=O)Nc2cccc(C(F)(F)F)c2)ccc1OCC(N)=O. The first-order valence-corrected chi connectivity index (χ1v) is 8.92. The minimum absolute atomic E-state index is 0.105. The molecule has 2 amide bonds. The van der Waals surface area contributed by atoms with E-state index in [1.54, 1.807) is 13.0 Å². The zero-order valence-electron chi connectivity index (χ0n) is 16.3. The Morgan fingerprint density at radius 1 is 1.16 bits per heavy atom. The number of benzene rings is 2. The van der Waals surface area contributed by atoms with E-state index in [4.69, 9.17) is 15.2 Å². The molecule has 0 aliphatic carbocycles. The lowest BCUT2D eigenvalue weighted by atomic mass is 10.1. The van der Waals surface area contributed by atoms with Gasteiger partial charge in [0.1, 0.15) is 11.6 Å². The molecule has 3 N–H and O–H groups in total. The lowest BCUT2D eigenvalue weighted by Crippen LogP contribution is -2.20. The molecule has 162 valence electrons. The highest BCUT2D eigenvalue weighted by molar-refractivity contribution is 6.09. The highest BCUT2D eigenvalue weighted by Gasteiger charge is 2.30. The van der Waals surface area contributed by atoms with Crippen LogP contribution in [0, 0.1) is 11.3 Å². The van der Waals surface area contributed by atoms with E-state index >= 15 is 0 Å². The van der Waals surface area contributed by atoms with Crippen LogP contribution in [0.1, 0.15) is 18.1 Å². The molecule has 7 nitrogen and oxygen atoms in total. The molecule has 2 rings (SSSR count). The van der Waals surface area contributed by atoms with Crippen molar-refractivity contribution in [2.45, 2.75) is 13.1 Å². The number of carbonyl (C=O) groups excluding carboxylic acids is 2. The number of nitrogens with two attached hydrogens (primary N) is 1. The summed E-state index contributed by atoms with van der Waals surface area (Å²) in [5.74, 6) is -1.06. The average Bonchev–Trinajstić information content (AvgIpc) is 2.71. The number of rotatable bonds is 8. The van der Waals surface area contributed by atoms with E-state index in [0.29, 0.717) is 5.56 Å². The number of carbonyl (C=O) groups is 2. The number of halogens is 3. The highest BCUT2D eigenvalue weighted by Crippen LogP contribution is 2.31. The fraction of sp³-hybridized carbons (Fsp3) is 0.190. The Morgan fingerprint density at radius 3 is 2.52 bits per heavy atom. The van der Waals surface area contributed by atoms with Gasteiger partial charge in [-0.2, -0.15) is 18.4 Å². The maximum Gasteiger partial charge on any atom is 0.416 e. The Balaban J connectivity index is 2.26. The summed E-state index contributed by atoms with van der Waals surface area (Å²) in [5.41, 5.74) is 4.07. The maximum absolute atomic E-state index is 12.8. The molecule has 0 spiro atoms. The number of nitrogens with zero attached hydrogens (tertiary/aromatic N) is 1. The average molecular weight is 433 g/mol. The van der Waals surface area contributed by atoms with Crippen molar-refractivity contribution >= 4 is 23.6 Å². The first-order chi connectivity index (χ1) is 14.6. The van der Waals surface area contributed by atoms with Crippen LogP contribution in [0.3, 0.4) is 0 Å². The van der Waals surface area contributed by atoms with E-state index in [2.05, 4.69) is 5.32 Å². The van der Waals surface area contributed by atoms with Crippen molar-refractivity contribution in [3.63, 3.8) is 0 Å². The lowest BCUT2D eigenvalue weighted by Gasteiger charge is -2.12. The van der Waals surface area contributed by atoms with Crippen LogP contribution in [-0.2, 0) is 15.8 Å². The van der Waals surface area contributed by atoms with E-state index in [1.165, 1.54) is 30.3 Å². The summed E-state index contributed by atoms with van der Waals surface area (Å²) in [7, 11) is 0. The van der Waals surface area contributed by atoms with Gasteiger partial charge in [-0.25, -0.2) is 0 Å². The number of alkyl halides is 3. The second kappa shape index (κ2) is 10.2. The van der Waals surface area contributed by atoms with E-state index in [9.17, 15) is 28.0 Å². The van der Waals surface area contributed by atoms with Crippen LogP contribution in [0.15, 0.2) is 48.0 Å². The number of hydrogen-bond acceptors (Lipinski definition) is 5. The topological polar surface area (TPSA) is 114 Å². The lowest BCUT2D eigenvalue weighted by molar-refractivity contribution is -0.137. The predicted molar refractivity (Wildman–Crippen MR) is 106 cm³/mol. The van der Waals surface area contributed by atoms with Crippen LogP contribution in [-0.4, -0.2) is 25.0 Å². The smallest absolute Gasteiger partial charge is 0.416 e. The Hall–Kier alpha value is -4.00. The Kier molecular flexibility index (Phi) is 7.63. The summed E-state index contributed by atoms with van der Waals surface area (Å²) in [5, 5.41) is 11.6. The van der Waals surface area contributed by atoms with Gasteiger partial charge in [0.05, 0.1) is 12.2 Å². The maximum atomic E-state index is 12.8. The monoisotopic (exact) mass is 433 g/mol. The Labute approximate surface area is 175 Å². The first kappa shape index (κ1) is 23.3. The third-order valence-corrected chi connectivity index (χ3v) is 3.76.